The zero-order valence-electron chi connectivity index (χ0n) is 8.84. The molecule has 0 aliphatic heterocycles. The molecule has 0 amide bonds. The summed E-state index contributed by atoms with van der Waals surface area (Å²) in [4.78, 5) is 0. The van der Waals surface area contributed by atoms with Gasteiger partial charge in [0.25, 0.3) is 0 Å². The van der Waals surface area contributed by atoms with E-state index in [0.29, 0.717) is 6.61 Å². The lowest BCUT2D eigenvalue weighted by Crippen LogP contribution is -2.00. The van der Waals surface area contributed by atoms with Crippen molar-refractivity contribution in [1.29, 1.82) is 0 Å². The zero-order valence-corrected chi connectivity index (χ0v) is 8.84. The first-order chi connectivity index (χ1) is 7.33. The summed E-state index contributed by atoms with van der Waals surface area (Å²) in [5.41, 5.74) is 0.974. The quantitative estimate of drug-likeness (QED) is 0.765. The normalized spacial score (nSPS) is 10.3. The van der Waals surface area contributed by atoms with Crippen LogP contribution in [0, 0.1) is 6.92 Å². The molecule has 2 aromatic rings. The predicted octanol–water partition coefficient (Wildman–Crippen LogP) is 1.97. The van der Waals surface area contributed by atoms with Crippen LogP contribution in [0.25, 0.3) is 5.69 Å². The smallest absolute Gasteiger partial charge is 0.143 e. The molecule has 0 N–H and O–H groups in total. The minimum atomic E-state index is 0.651. The van der Waals surface area contributed by atoms with Gasteiger partial charge in [-0.25, -0.2) is 0 Å². The van der Waals surface area contributed by atoms with E-state index in [-0.39, 0.29) is 0 Å². The van der Waals surface area contributed by atoms with Gasteiger partial charge in [-0.2, -0.15) is 0 Å². The van der Waals surface area contributed by atoms with Gasteiger partial charge < -0.3 is 4.74 Å². The van der Waals surface area contributed by atoms with Crippen molar-refractivity contribution < 1.29 is 4.74 Å². The summed E-state index contributed by atoms with van der Waals surface area (Å²) >= 11 is 0. The molecule has 0 radical (unpaired) electrons. The number of ether oxygens (including phenoxy) is 1. The van der Waals surface area contributed by atoms with Crippen molar-refractivity contribution >= 4 is 0 Å². The van der Waals surface area contributed by atoms with Gasteiger partial charge in [0.1, 0.15) is 17.9 Å². The van der Waals surface area contributed by atoms with Crippen LogP contribution in [0.2, 0.25) is 0 Å². The van der Waals surface area contributed by atoms with Crippen molar-refractivity contribution in [3.8, 4) is 11.4 Å². The third kappa shape index (κ3) is 1.83. The highest BCUT2D eigenvalue weighted by molar-refractivity contribution is 5.46. The molecule has 0 saturated heterocycles. The molecule has 4 nitrogen and oxygen atoms in total. The summed E-state index contributed by atoms with van der Waals surface area (Å²) in [7, 11) is 0. The molecule has 15 heavy (non-hydrogen) atoms. The fourth-order valence-corrected chi connectivity index (χ4v) is 1.46. The number of aryl methyl sites for hydroxylation is 1. The summed E-state index contributed by atoms with van der Waals surface area (Å²) in [6, 6.07) is 7.85. The molecule has 1 heterocycles. The molecular formula is C11H13N3O. The van der Waals surface area contributed by atoms with Crippen LogP contribution in [0.4, 0.5) is 0 Å². The molecule has 0 unspecified atom stereocenters. The fraction of sp³-hybridized carbons (Fsp3) is 0.273. The van der Waals surface area contributed by atoms with Gasteiger partial charge in [-0.1, -0.05) is 12.1 Å². The van der Waals surface area contributed by atoms with E-state index in [1.807, 2.05) is 42.7 Å². The molecule has 0 aliphatic rings. The van der Waals surface area contributed by atoms with Gasteiger partial charge >= 0.3 is 0 Å². The summed E-state index contributed by atoms with van der Waals surface area (Å²) in [6.07, 6.45) is 1.69. The Hall–Kier alpha value is -1.84. The van der Waals surface area contributed by atoms with Crippen molar-refractivity contribution in [1.82, 2.24) is 14.8 Å². The van der Waals surface area contributed by atoms with E-state index >= 15 is 0 Å². The van der Waals surface area contributed by atoms with Gasteiger partial charge in [0.2, 0.25) is 0 Å². The maximum Gasteiger partial charge on any atom is 0.143 e. The molecule has 0 atom stereocenters. The van der Waals surface area contributed by atoms with Crippen LogP contribution in [-0.4, -0.2) is 21.4 Å². The number of benzene rings is 1. The van der Waals surface area contributed by atoms with Gasteiger partial charge in [-0.15, -0.1) is 10.2 Å². The maximum absolute atomic E-state index is 5.54. The Kier molecular flexibility index (Phi) is 2.67. The number of rotatable bonds is 3. The van der Waals surface area contributed by atoms with Crippen LogP contribution in [-0.2, 0) is 0 Å². The summed E-state index contributed by atoms with van der Waals surface area (Å²) in [5, 5.41) is 7.81. The molecule has 0 aliphatic carbocycles. The molecule has 0 spiro atoms. The first-order valence-electron chi connectivity index (χ1n) is 4.91. The molecule has 2 rings (SSSR count). The molecular weight excluding hydrogens is 190 g/mol. The SMILES string of the molecule is CCOc1ccccc1-n1cnnc1C. The minimum Gasteiger partial charge on any atom is -0.492 e. The van der Waals surface area contributed by atoms with Crippen molar-refractivity contribution in [2.75, 3.05) is 6.61 Å². The Balaban J connectivity index is 2.48. The molecule has 0 saturated carbocycles. The van der Waals surface area contributed by atoms with E-state index in [4.69, 9.17) is 4.74 Å². The standard InChI is InChI=1S/C11H13N3O/c1-3-15-11-7-5-4-6-10(11)14-8-12-13-9(14)2/h4-8H,3H2,1-2H3. The van der Waals surface area contributed by atoms with Crippen LogP contribution in [0.5, 0.6) is 5.75 Å². The van der Waals surface area contributed by atoms with E-state index in [9.17, 15) is 0 Å². The van der Waals surface area contributed by atoms with Crippen molar-refractivity contribution in [3.63, 3.8) is 0 Å². The molecule has 1 aromatic heterocycles. The average molecular weight is 203 g/mol. The molecule has 0 bridgehead atoms. The van der Waals surface area contributed by atoms with Crippen LogP contribution >= 0.6 is 0 Å². The number of para-hydroxylation sites is 2. The second-order valence-corrected chi connectivity index (χ2v) is 3.15. The Morgan fingerprint density at radius 1 is 1.33 bits per heavy atom. The second kappa shape index (κ2) is 4.13. The lowest BCUT2D eigenvalue weighted by Gasteiger charge is -2.10. The average Bonchev–Trinajstić information content (AvgIpc) is 2.66. The number of hydrogen-bond acceptors (Lipinski definition) is 3. The minimum absolute atomic E-state index is 0.651. The lowest BCUT2D eigenvalue weighted by atomic mass is 10.3. The molecule has 4 heteroatoms. The van der Waals surface area contributed by atoms with Crippen molar-refractivity contribution in [2.45, 2.75) is 13.8 Å². The van der Waals surface area contributed by atoms with E-state index in [2.05, 4.69) is 10.2 Å². The number of aromatic nitrogens is 3. The van der Waals surface area contributed by atoms with E-state index in [0.717, 1.165) is 17.3 Å². The van der Waals surface area contributed by atoms with Gasteiger partial charge in [0, 0.05) is 0 Å². The largest absolute Gasteiger partial charge is 0.492 e. The van der Waals surface area contributed by atoms with Crippen molar-refractivity contribution in [3.05, 3.63) is 36.4 Å². The Labute approximate surface area is 88.5 Å². The Morgan fingerprint density at radius 2 is 2.13 bits per heavy atom. The van der Waals surface area contributed by atoms with Gasteiger partial charge in [0.15, 0.2) is 0 Å². The Bertz CT molecular complexity index is 451. The highest BCUT2D eigenvalue weighted by Gasteiger charge is 2.06. The van der Waals surface area contributed by atoms with Gasteiger partial charge in [0.05, 0.1) is 12.3 Å². The fourth-order valence-electron chi connectivity index (χ4n) is 1.46. The van der Waals surface area contributed by atoms with Gasteiger partial charge in [-0.3, -0.25) is 4.57 Å². The summed E-state index contributed by atoms with van der Waals surface area (Å²) in [5.74, 6) is 1.70. The molecule has 78 valence electrons. The molecule has 1 aromatic carbocycles. The maximum atomic E-state index is 5.54. The number of hydrogen-bond donors (Lipinski definition) is 0. The van der Waals surface area contributed by atoms with E-state index in [1.165, 1.54) is 0 Å². The van der Waals surface area contributed by atoms with Crippen LogP contribution in [0.15, 0.2) is 30.6 Å². The second-order valence-electron chi connectivity index (χ2n) is 3.15. The van der Waals surface area contributed by atoms with Crippen LogP contribution in [0.1, 0.15) is 12.7 Å². The zero-order chi connectivity index (χ0) is 10.7. The third-order valence-electron chi connectivity index (χ3n) is 2.14. The first-order valence-corrected chi connectivity index (χ1v) is 4.91. The van der Waals surface area contributed by atoms with Crippen LogP contribution < -0.4 is 4.74 Å². The highest BCUT2D eigenvalue weighted by atomic mass is 16.5. The van der Waals surface area contributed by atoms with E-state index < -0.39 is 0 Å². The predicted molar refractivity (Wildman–Crippen MR) is 57.3 cm³/mol. The van der Waals surface area contributed by atoms with Gasteiger partial charge in [-0.05, 0) is 26.0 Å². The number of nitrogens with zero attached hydrogens (tertiary/aromatic N) is 3. The third-order valence-corrected chi connectivity index (χ3v) is 2.14. The lowest BCUT2D eigenvalue weighted by molar-refractivity contribution is 0.339. The Morgan fingerprint density at radius 3 is 2.80 bits per heavy atom. The summed E-state index contributed by atoms with van der Waals surface area (Å²) in [6.45, 7) is 4.53. The van der Waals surface area contributed by atoms with Crippen molar-refractivity contribution in [2.24, 2.45) is 0 Å². The van der Waals surface area contributed by atoms with Crippen LogP contribution in [0.3, 0.4) is 0 Å². The first kappa shape index (κ1) is 9.71. The van der Waals surface area contributed by atoms with E-state index in [1.54, 1.807) is 6.33 Å². The highest BCUT2D eigenvalue weighted by Crippen LogP contribution is 2.22. The monoisotopic (exact) mass is 203 g/mol. The molecule has 0 fully saturated rings. The summed E-state index contributed by atoms with van der Waals surface area (Å²) < 4.78 is 7.45. The topological polar surface area (TPSA) is 39.9 Å².